The molecule has 23 nitrogen and oxygen atoms in total. The van der Waals surface area contributed by atoms with Gasteiger partial charge in [-0.15, -0.1) is 0 Å². The molecule has 0 saturated carbocycles. The molecule has 2 heterocycles. The average Bonchev–Trinajstić information content (AvgIpc) is 3.98. The van der Waals surface area contributed by atoms with Crippen molar-refractivity contribution < 1.29 is 48.6 Å². The summed E-state index contributed by atoms with van der Waals surface area (Å²) >= 11 is 4.25. The van der Waals surface area contributed by atoms with Gasteiger partial charge in [0, 0.05) is 37.2 Å². The van der Waals surface area contributed by atoms with Crippen molar-refractivity contribution in [1.82, 2.24) is 46.8 Å². The van der Waals surface area contributed by atoms with Gasteiger partial charge >= 0.3 is 5.97 Å². The molecule has 0 aliphatic carbocycles. The van der Waals surface area contributed by atoms with Crippen molar-refractivity contribution in [1.29, 1.82) is 0 Å². The van der Waals surface area contributed by atoms with Crippen molar-refractivity contribution in [3.8, 4) is 0 Å². The number of nitrogens with one attached hydrogen (secondary N) is 7. The fourth-order valence-electron chi connectivity index (χ4n) is 7.05. The molecule has 1 fully saturated rings. The van der Waals surface area contributed by atoms with E-state index in [1.54, 1.807) is 20.8 Å². The van der Waals surface area contributed by atoms with Crippen LogP contribution in [0.3, 0.4) is 0 Å². The van der Waals surface area contributed by atoms with Crippen LogP contribution in [0.25, 0.3) is 0 Å². The van der Waals surface area contributed by atoms with Crippen LogP contribution in [0.4, 0.5) is 0 Å². The van der Waals surface area contributed by atoms with E-state index in [4.69, 9.17) is 17.2 Å². The molecule has 0 radical (unpaired) electrons. The van der Waals surface area contributed by atoms with Gasteiger partial charge in [0.2, 0.25) is 41.4 Å². The zero-order valence-corrected chi connectivity index (χ0v) is 39.1. The first-order valence-electron chi connectivity index (χ1n) is 22.0. The van der Waals surface area contributed by atoms with E-state index in [0.717, 1.165) is 0 Å². The van der Waals surface area contributed by atoms with Gasteiger partial charge in [-0.05, 0) is 49.9 Å². The number of aromatic nitrogens is 2. The number of thiol groups is 1. The Balaban J connectivity index is 2.17. The van der Waals surface area contributed by atoms with E-state index in [2.05, 4.69) is 59.5 Å². The zero-order chi connectivity index (χ0) is 49.0. The predicted molar refractivity (Wildman–Crippen MR) is 243 cm³/mol. The number of amides is 7. The average molecular weight is 938 g/mol. The molecule has 0 aromatic carbocycles. The highest BCUT2D eigenvalue weighted by molar-refractivity contribution is 7.80. The van der Waals surface area contributed by atoms with E-state index in [1.165, 1.54) is 17.4 Å². The van der Waals surface area contributed by atoms with Crippen LogP contribution in [-0.2, 0) is 44.8 Å². The molecule has 366 valence electrons. The van der Waals surface area contributed by atoms with Gasteiger partial charge < -0.3 is 69.2 Å². The molecule has 10 atom stereocenters. The maximum absolute atomic E-state index is 13.8. The Hall–Kier alpha value is -5.49. The number of aliphatic hydroxyl groups excluding tert-OH is 1. The number of guanidine groups is 1. The minimum atomic E-state index is -1.55. The fraction of sp³-hybridized carbons (Fsp3) is 0.707. The van der Waals surface area contributed by atoms with Crippen molar-refractivity contribution >= 4 is 65.9 Å². The van der Waals surface area contributed by atoms with Crippen LogP contribution in [0.5, 0.6) is 0 Å². The maximum atomic E-state index is 13.8. The number of rotatable bonds is 28. The minimum Gasteiger partial charge on any atom is -0.480 e. The Morgan fingerprint density at radius 2 is 1.42 bits per heavy atom. The van der Waals surface area contributed by atoms with Crippen LogP contribution in [0, 0.1) is 17.8 Å². The molecule has 1 aromatic rings. The van der Waals surface area contributed by atoms with E-state index >= 15 is 0 Å². The number of aliphatic carboxylic acids is 1. The van der Waals surface area contributed by atoms with E-state index in [0.29, 0.717) is 25.0 Å². The maximum Gasteiger partial charge on any atom is 0.326 e. The number of carbonyl (C=O) groups is 8. The monoisotopic (exact) mass is 938 g/mol. The minimum absolute atomic E-state index is 0.0104. The zero-order valence-electron chi connectivity index (χ0n) is 38.2. The first-order valence-corrected chi connectivity index (χ1v) is 22.7. The van der Waals surface area contributed by atoms with Gasteiger partial charge in [0.25, 0.3) is 0 Å². The predicted octanol–water partition coefficient (Wildman–Crippen LogP) is -2.62. The fourth-order valence-corrected chi connectivity index (χ4v) is 7.31. The summed E-state index contributed by atoms with van der Waals surface area (Å²) in [5, 5.41) is 35.7. The van der Waals surface area contributed by atoms with Gasteiger partial charge in [-0.2, -0.15) is 12.6 Å². The van der Waals surface area contributed by atoms with Gasteiger partial charge in [0.1, 0.15) is 42.3 Å². The van der Waals surface area contributed by atoms with Gasteiger partial charge in [-0.25, -0.2) is 9.78 Å². The summed E-state index contributed by atoms with van der Waals surface area (Å²) in [5.41, 5.74) is 17.4. The number of carboxylic acids is 1. The first-order chi connectivity index (χ1) is 30.7. The Morgan fingerprint density at radius 1 is 0.846 bits per heavy atom. The van der Waals surface area contributed by atoms with Crippen LogP contribution in [0.15, 0.2) is 17.5 Å². The first kappa shape index (κ1) is 55.6. The molecule has 0 unspecified atom stereocenters. The van der Waals surface area contributed by atoms with Crippen LogP contribution in [-0.4, -0.2) is 152 Å². The molecule has 2 rings (SSSR count). The summed E-state index contributed by atoms with van der Waals surface area (Å²) in [4.78, 5) is 119. The normalized spacial score (nSPS) is 17.8. The molecule has 65 heavy (non-hydrogen) atoms. The van der Waals surface area contributed by atoms with Crippen molar-refractivity contribution in [3.05, 3.63) is 18.2 Å². The molecule has 1 saturated heterocycles. The van der Waals surface area contributed by atoms with E-state index in [-0.39, 0.29) is 68.7 Å². The van der Waals surface area contributed by atoms with Crippen molar-refractivity contribution in [3.63, 3.8) is 0 Å². The van der Waals surface area contributed by atoms with Gasteiger partial charge in [0.15, 0.2) is 5.96 Å². The summed E-state index contributed by atoms with van der Waals surface area (Å²) in [6.07, 6.45) is 5.05. The molecular formula is C41H71N13O10S. The molecule has 1 aromatic heterocycles. The summed E-state index contributed by atoms with van der Waals surface area (Å²) in [7, 11) is 0. The molecular weight excluding hydrogens is 867 g/mol. The van der Waals surface area contributed by atoms with E-state index in [1.807, 2.05) is 20.8 Å². The Morgan fingerprint density at radius 3 is 1.94 bits per heavy atom. The lowest BCUT2D eigenvalue weighted by Crippen LogP contribution is -2.62. The van der Waals surface area contributed by atoms with Crippen molar-refractivity contribution in [2.45, 2.75) is 141 Å². The topological polar surface area (TPSA) is 372 Å². The number of hydrogen-bond donors (Lipinski definition) is 13. The largest absolute Gasteiger partial charge is 0.480 e. The lowest BCUT2D eigenvalue weighted by atomic mass is 9.94. The van der Waals surface area contributed by atoms with Gasteiger partial charge in [-0.1, -0.05) is 54.4 Å². The number of nitrogens with zero attached hydrogens (tertiary/aromatic N) is 3. The number of imidazole rings is 1. The molecule has 0 bridgehead atoms. The number of nitrogens with two attached hydrogens (primary N) is 3. The van der Waals surface area contributed by atoms with E-state index in [9.17, 15) is 48.6 Å². The highest BCUT2D eigenvalue weighted by Gasteiger charge is 2.40. The molecule has 1 aliphatic heterocycles. The van der Waals surface area contributed by atoms with Crippen LogP contribution >= 0.6 is 12.6 Å². The third-order valence-corrected chi connectivity index (χ3v) is 11.6. The number of hydrogen-bond acceptors (Lipinski definition) is 13. The SMILES string of the molecule is CC[C@H](C)[C@H](NC(=O)[C@@H](NC(=O)[C@@H](N)Cc1cnc[nH]1)[C@@H](C)CC)C(=O)N[C@@H](CS)C(=O)N[C@@H](CO)C(=O)N1CCC[C@H]1C(=O)N[C@@H](CC(C)C)C(=O)N[C@@H](CCCN=C(N)N)C(=O)O. The number of aliphatic hydroxyl groups is 1. The van der Waals surface area contributed by atoms with E-state index < -0.39 is 108 Å². The summed E-state index contributed by atoms with van der Waals surface area (Å²) in [6, 6.07) is -9.68. The second kappa shape index (κ2) is 27.7. The highest BCUT2D eigenvalue weighted by atomic mass is 32.1. The number of aliphatic imine (C=N–C) groups is 1. The number of H-pyrrole nitrogens is 1. The smallest absolute Gasteiger partial charge is 0.326 e. The van der Waals surface area contributed by atoms with Gasteiger partial charge in [0.05, 0.1) is 19.0 Å². The highest BCUT2D eigenvalue weighted by Crippen LogP contribution is 2.20. The Kier molecular flexibility index (Phi) is 23.8. The van der Waals surface area contributed by atoms with Crippen LogP contribution in [0.1, 0.15) is 92.2 Å². The molecule has 15 N–H and O–H groups in total. The Labute approximate surface area is 385 Å². The Bertz CT molecular complexity index is 1780. The third-order valence-electron chi connectivity index (χ3n) is 11.3. The number of aromatic amines is 1. The quantitative estimate of drug-likeness (QED) is 0.0177. The van der Waals surface area contributed by atoms with Gasteiger partial charge in [-0.3, -0.25) is 38.6 Å². The summed E-state index contributed by atoms with van der Waals surface area (Å²) in [6.45, 7) is 10.1. The second-order valence-corrected chi connectivity index (χ2v) is 17.2. The van der Waals surface area contributed by atoms with Crippen LogP contribution in [0.2, 0.25) is 0 Å². The molecule has 24 heteroatoms. The van der Waals surface area contributed by atoms with Crippen molar-refractivity contribution in [2.75, 3.05) is 25.4 Å². The lowest BCUT2D eigenvalue weighted by molar-refractivity contribution is -0.144. The third kappa shape index (κ3) is 17.8. The number of likely N-dealkylation sites (tertiary alicyclic amines) is 1. The summed E-state index contributed by atoms with van der Waals surface area (Å²) < 4.78 is 0. The lowest BCUT2D eigenvalue weighted by Gasteiger charge is -2.31. The molecule has 1 aliphatic rings. The van der Waals surface area contributed by atoms with Crippen LogP contribution < -0.4 is 49.1 Å². The van der Waals surface area contributed by atoms with Crippen molar-refractivity contribution in [2.24, 2.45) is 39.9 Å². The standard InChI is InChI=1S/C41H71N13O10S/c1-7-22(5)31(53-38(61)32(23(6)8-2)52-33(56)25(42)16-24-17-45-20-47-24)37(60)51-29(19-65)35(58)50-28(18-55)39(62)54-14-10-12-30(54)36(59)49-27(15-21(3)4)34(57)48-26(40(63)64)11-9-13-46-41(43)44/h17,20-23,25-32,55,65H,7-16,18-19,42H2,1-6H3,(H,45,47)(H,48,57)(H,49,59)(H,50,58)(H,51,60)(H,52,56)(H,53,61)(H,63,64)(H4,43,44,46)/t22-,23-,25-,26-,27-,28-,29-,30-,31-,32-/m0/s1. The molecule has 7 amide bonds. The number of carboxylic acid groups (broad SMARTS) is 1. The molecule has 0 spiro atoms. The second-order valence-electron chi connectivity index (χ2n) is 16.8. The summed E-state index contributed by atoms with van der Waals surface area (Å²) in [5.74, 6) is -7.69. The number of carbonyl (C=O) groups excluding carboxylic acids is 7.